The number of pyridine rings is 1. The molecule has 130 valence electrons. The van der Waals surface area contributed by atoms with Crippen LogP contribution >= 0.6 is 0 Å². The Kier molecular flexibility index (Phi) is 5.60. The van der Waals surface area contributed by atoms with Crippen LogP contribution in [0.2, 0.25) is 0 Å². The van der Waals surface area contributed by atoms with E-state index in [0.29, 0.717) is 16.8 Å². The van der Waals surface area contributed by atoms with Gasteiger partial charge in [-0.3, -0.25) is 4.79 Å². The van der Waals surface area contributed by atoms with E-state index in [2.05, 4.69) is 23.8 Å². The number of aromatic hydroxyl groups is 1. The molecule has 0 aliphatic carbocycles. The van der Waals surface area contributed by atoms with Crippen LogP contribution in [-0.4, -0.2) is 29.1 Å². The number of rotatable bonds is 5. The summed E-state index contributed by atoms with van der Waals surface area (Å²) in [6.45, 7) is 9.26. The smallest absolute Gasteiger partial charge is 0.289 e. The predicted octanol–water partition coefficient (Wildman–Crippen LogP) is 2.77. The SMILES string of the molecule is CCN(CC)c1ccc(/C=N/n2c(C)cc(C)c(C#N)c2=O)c(O)c1. The van der Waals surface area contributed by atoms with E-state index < -0.39 is 5.56 Å². The summed E-state index contributed by atoms with van der Waals surface area (Å²) in [6, 6.07) is 8.99. The number of nitriles is 1. The summed E-state index contributed by atoms with van der Waals surface area (Å²) in [5.74, 6) is 0.0893. The lowest BCUT2D eigenvalue weighted by Gasteiger charge is -2.21. The Morgan fingerprint density at radius 3 is 2.52 bits per heavy atom. The highest BCUT2D eigenvalue weighted by Crippen LogP contribution is 2.23. The molecule has 0 radical (unpaired) electrons. The Bertz CT molecular complexity index is 903. The van der Waals surface area contributed by atoms with Crippen molar-refractivity contribution < 1.29 is 5.11 Å². The van der Waals surface area contributed by atoms with E-state index in [4.69, 9.17) is 5.26 Å². The molecule has 0 saturated carbocycles. The molecule has 0 unspecified atom stereocenters. The molecule has 0 aliphatic heterocycles. The Labute approximate surface area is 147 Å². The van der Waals surface area contributed by atoms with Crippen LogP contribution in [0.4, 0.5) is 5.69 Å². The van der Waals surface area contributed by atoms with Crippen molar-refractivity contribution in [2.45, 2.75) is 27.7 Å². The number of benzene rings is 1. The molecule has 1 aromatic carbocycles. The minimum atomic E-state index is -0.462. The van der Waals surface area contributed by atoms with E-state index in [-0.39, 0.29) is 11.3 Å². The number of nitrogens with zero attached hydrogens (tertiary/aromatic N) is 4. The number of aryl methyl sites for hydroxylation is 2. The lowest BCUT2D eigenvalue weighted by molar-refractivity contribution is 0.474. The number of hydrogen-bond acceptors (Lipinski definition) is 5. The molecular formula is C19H22N4O2. The van der Waals surface area contributed by atoms with Crippen molar-refractivity contribution in [3.63, 3.8) is 0 Å². The monoisotopic (exact) mass is 338 g/mol. The van der Waals surface area contributed by atoms with Gasteiger partial charge in [0.25, 0.3) is 5.56 Å². The highest BCUT2D eigenvalue weighted by Gasteiger charge is 2.10. The minimum absolute atomic E-state index is 0.0730. The van der Waals surface area contributed by atoms with E-state index in [1.54, 1.807) is 32.0 Å². The Hall–Kier alpha value is -3.07. The summed E-state index contributed by atoms with van der Waals surface area (Å²) >= 11 is 0. The molecule has 0 spiro atoms. The molecule has 1 N–H and O–H groups in total. The van der Waals surface area contributed by atoms with Crippen molar-refractivity contribution in [2.75, 3.05) is 18.0 Å². The summed E-state index contributed by atoms with van der Waals surface area (Å²) in [6.07, 6.45) is 1.42. The van der Waals surface area contributed by atoms with Crippen molar-refractivity contribution in [1.29, 1.82) is 5.26 Å². The maximum atomic E-state index is 12.3. The van der Waals surface area contributed by atoms with Crippen LogP contribution in [0.3, 0.4) is 0 Å². The molecule has 0 bridgehead atoms. The first-order valence-electron chi connectivity index (χ1n) is 8.18. The largest absolute Gasteiger partial charge is 0.507 e. The summed E-state index contributed by atoms with van der Waals surface area (Å²) in [5, 5.41) is 23.5. The Balaban J connectivity index is 2.41. The molecule has 0 saturated heterocycles. The first-order valence-corrected chi connectivity index (χ1v) is 8.18. The summed E-state index contributed by atoms with van der Waals surface area (Å²) in [7, 11) is 0. The predicted molar refractivity (Wildman–Crippen MR) is 99.6 cm³/mol. The van der Waals surface area contributed by atoms with Crippen molar-refractivity contribution in [2.24, 2.45) is 5.10 Å². The second-order valence-electron chi connectivity index (χ2n) is 5.73. The van der Waals surface area contributed by atoms with Gasteiger partial charge in [0, 0.05) is 36.1 Å². The molecule has 6 heteroatoms. The van der Waals surface area contributed by atoms with Gasteiger partial charge in [0.05, 0.1) is 6.21 Å². The lowest BCUT2D eigenvalue weighted by atomic mass is 10.1. The van der Waals surface area contributed by atoms with E-state index >= 15 is 0 Å². The zero-order valence-electron chi connectivity index (χ0n) is 14.9. The quantitative estimate of drug-likeness (QED) is 0.850. The van der Waals surface area contributed by atoms with Crippen LogP contribution in [0, 0.1) is 25.2 Å². The Morgan fingerprint density at radius 2 is 1.96 bits per heavy atom. The van der Waals surface area contributed by atoms with Gasteiger partial charge in [-0.2, -0.15) is 10.4 Å². The minimum Gasteiger partial charge on any atom is -0.507 e. The average molecular weight is 338 g/mol. The van der Waals surface area contributed by atoms with Crippen molar-refractivity contribution >= 4 is 11.9 Å². The highest BCUT2D eigenvalue weighted by atomic mass is 16.3. The third-order valence-corrected chi connectivity index (χ3v) is 4.13. The summed E-state index contributed by atoms with van der Waals surface area (Å²) in [4.78, 5) is 14.4. The van der Waals surface area contributed by atoms with Gasteiger partial charge in [-0.15, -0.1) is 0 Å². The fourth-order valence-electron chi connectivity index (χ4n) is 2.71. The van der Waals surface area contributed by atoms with Gasteiger partial charge in [-0.25, -0.2) is 4.68 Å². The van der Waals surface area contributed by atoms with E-state index in [0.717, 1.165) is 18.8 Å². The molecule has 0 atom stereocenters. The second-order valence-corrected chi connectivity index (χ2v) is 5.73. The molecule has 25 heavy (non-hydrogen) atoms. The maximum Gasteiger partial charge on any atom is 0.289 e. The topological polar surface area (TPSA) is 81.6 Å². The van der Waals surface area contributed by atoms with Crippen LogP contribution in [0.15, 0.2) is 34.2 Å². The molecule has 2 aromatic rings. The summed E-state index contributed by atoms with van der Waals surface area (Å²) < 4.78 is 1.17. The standard InChI is InChI=1S/C19H22N4O2/c1-5-22(6-2)16-8-7-15(18(24)10-16)12-21-23-14(4)9-13(3)17(11-20)19(23)25/h7-10,12,24H,5-6H2,1-4H3/b21-12+. The highest BCUT2D eigenvalue weighted by molar-refractivity contribution is 5.84. The van der Waals surface area contributed by atoms with E-state index in [1.165, 1.54) is 10.9 Å². The number of aromatic nitrogens is 1. The molecule has 0 amide bonds. The molecule has 2 rings (SSSR count). The van der Waals surface area contributed by atoms with Gasteiger partial charge in [0.15, 0.2) is 0 Å². The molecule has 1 aromatic heterocycles. The van der Waals surface area contributed by atoms with Crippen molar-refractivity contribution in [3.05, 3.63) is 57.0 Å². The number of phenols is 1. The molecule has 1 heterocycles. The van der Waals surface area contributed by atoms with Crippen LogP contribution in [0.25, 0.3) is 0 Å². The Morgan fingerprint density at radius 1 is 1.28 bits per heavy atom. The average Bonchev–Trinajstić information content (AvgIpc) is 2.57. The third-order valence-electron chi connectivity index (χ3n) is 4.13. The summed E-state index contributed by atoms with van der Waals surface area (Å²) in [5.41, 5.74) is 2.29. The lowest BCUT2D eigenvalue weighted by Crippen LogP contribution is -2.22. The van der Waals surface area contributed by atoms with Crippen molar-refractivity contribution in [1.82, 2.24) is 4.68 Å². The van der Waals surface area contributed by atoms with Gasteiger partial charge >= 0.3 is 0 Å². The fraction of sp³-hybridized carbons (Fsp3) is 0.316. The zero-order valence-corrected chi connectivity index (χ0v) is 14.9. The molecule has 0 fully saturated rings. The van der Waals surface area contributed by atoms with Gasteiger partial charge < -0.3 is 10.0 Å². The second kappa shape index (κ2) is 7.67. The normalized spacial score (nSPS) is 10.8. The first-order chi connectivity index (χ1) is 11.9. The van der Waals surface area contributed by atoms with Gasteiger partial charge in [0.2, 0.25) is 0 Å². The molecular weight excluding hydrogens is 316 g/mol. The zero-order chi connectivity index (χ0) is 18.6. The van der Waals surface area contributed by atoms with Gasteiger partial charge in [-0.05, 0) is 51.5 Å². The van der Waals surface area contributed by atoms with Gasteiger partial charge in [0.1, 0.15) is 17.4 Å². The molecule has 0 aliphatic rings. The van der Waals surface area contributed by atoms with Gasteiger partial charge in [-0.1, -0.05) is 0 Å². The third kappa shape index (κ3) is 3.72. The molecule has 6 nitrogen and oxygen atoms in total. The number of hydrogen-bond donors (Lipinski definition) is 1. The first kappa shape index (κ1) is 18.3. The van der Waals surface area contributed by atoms with Crippen LogP contribution < -0.4 is 10.5 Å². The van der Waals surface area contributed by atoms with Crippen LogP contribution in [0.5, 0.6) is 5.75 Å². The number of anilines is 1. The fourth-order valence-corrected chi connectivity index (χ4v) is 2.71. The van der Waals surface area contributed by atoms with Crippen molar-refractivity contribution in [3.8, 4) is 11.8 Å². The van der Waals surface area contributed by atoms with E-state index in [1.807, 2.05) is 12.1 Å². The van der Waals surface area contributed by atoms with E-state index in [9.17, 15) is 9.90 Å². The van der Waals surface area contributed by atoms with Crippen LogP contribution in [-0.2, 0) is 0 Å². The van der Waals surface area contributed by atoms with Crippen LogP contribution in [0.1, 0.15) is 36.2 Å². The maximum absolute atomic E-state index is 12.3. The number of phenolic OH excluding ortho intramolecular Hbond substituents is 1.